The van der Waals surface area contributed by atoms with Crippen LogP contribution in [-0.4, -0.2) is 45.2 Å². The van der Waals surface area contributed by atoms with E-state index in [1.165, 1.54) is 21.1 Å². The first-order chi connectivity index (χ1) is 15.4. The SMILES string of the molecule is CCOc1cc(Cl)c(NC(=O)C(N=Nc2c(OC)cccc2OC)C(C)=O)c(OCC)c1. The van der Waals surface area contributed by atoms with Crippen LogP contribution in [-0.2, 0) is 9.59 Å². The van der Waals surface area contributed by atoms with Crippen molar-refractivity contribution in [2.45, 2.75) is 26.8 Å². The molecule has 2 aromatic rings. The summed E-state index contributed by atoms with van der Waals surface area (Å²) in [6.45, 7) is 5.64. The van der Waals surface area contributed by atoms with Crippen LogP contribution in [0.1, 0.15) is 20.8 Å². The number of nitrogens with one attached hydrogen (secondary N) is 1. The Hall–Kier alpha value is -3.33. The molecule has 1 atom stereocenters. The molecule has 32 heavy (non-hydrogen) atoms. The van der Waals surface area contributed by atoms with Gasteiger partial charge in [-0.2, -0.15) is 5.11 Å². The second-order valence-corrected chi connectivity index (χ2v) is 6.78. The standard InChI is InChI=1S/C22H26ClN3O6/c1-6-31-14-11-15(23)20(18(12-14)32-7-2)24-22(28)19(13(3)27)25-26-21-16(29-4)9-8-10-17(21)30-5/h8-12,19H,6-7H2,1-5H3,(H,24,28). The lowest BCUT2D eigenvalue weighted by atomic mass is 10.2. The molecule has 2 rings (SSSR count). The van der Waals surface area contributed by atoms with Crippen LogP contribution >= 0.6 is 11.6 Å². The quantitative estimate of drug-likeness (QED) is 0.377. The van der Waals surface area contributed by atoms with Crippen molar-refractivity contribution in [1.29, 1.82) is 0 Å². The van der Waals surface area contributed by atoms with E-state index in [1.54, 1.807) is 37.3 Å². The minimum atomic E-state index is -1.43. The average molecular weight is 464 g/mol. The lowest BCUT2D eigenvalue weighted by Crippen LogP contribution is -2.32. The zero-order chi connectivity index (χ0) is 23.7. The van der Waals surface area contributed by atoms with E-state index in [2.05, 4.69) is 15.5 Å². The number of anilines is 1. The number of rotatable bonds is 11. The molecule has 1 N–H and O–H groups in total. The molecular weight excluding hydrogens is 438 g/mol. The molecule has 1 unspecified atom stereocenters. The fraction of sp³-hybridized carbons (Fsp3) is 0.364. The number of amides is 1. The maximum atomic E-state index is 12.9. The van der Waals surface area contributed by atoms with Crippen molar-refractivity contribution in [1.82, 2.24) is 0 Å². The third kappa shape index (κ3) is 6.10. The van der Waals surface area contributed by atoms with Gasteiger partial charge in [0.15, 0.2) is 11.5 Å². The summed E-state index contributed by atoms with van der Waals surface area (Å²) in [5.74, 6) is 0.322. The lowest BCUT2D eigenvalue weighted by molar-refractivity contribution is -0.126. The third-order valence-corrected chi connectivity index (χ3v) is 4.49. The summed E-state index contributed by atoms with van der Waals surface area (Å²) in [4.78, 5) is 25.1. The highest BCUT2D eigenvalue weighted by Crippen LogP contribution is 2.39. The first kappa shape index (κ1) is 24.9. The van der Waals surface area contributed by atoms with Gasteiger partial charge in [-0.3, -0.25) is 9.59 Å². The Kier molecular flexibility index (Phi) is 9.27. The highest BCUT2D eigenvalue weighted by atomic mass is 35.5. The molecule has 0 aliphatic rings. The Balaban J connectivity index is 2.37. The van der Waals surface area contributed by atoms with Gasteiger partial charge in [-0.05, 0) is 32.9 Å². The number of nitrogens with zero attached hydrogens (tertiary/aromatic N) is 2. The second-order valence-electron chi connectivity index (χ2n) is 6.37. The highest BCUT2D eigenvalue weighted by molar-refractivity contribution is 6.34. The van der Waals surface area contributed by atoms with Crippen LogP contribution in [0.3, 0.4) is 0 Å². The Morgan fingerprint density at radius 3 is 2.19 bits per heavy atom. The number of ether oxygens (including phenoxy) is 4. The van der Waals surface area contributed by atoms with Gasteiger partial charge in [-0.15, -0.1) is 5.11 Å². The van der Waals surface area contributed by atoms with Crippen LogP contribution in [0.5, 0.6) is 23.0 Å². The third-order valence-electron chi connectivity index (χ3n) is 4.20. The summed E-state index contributed by atoms with van der Waals surface area (Å²) in [7, 11) is 2.93. The van der Waals surface area contributed by atoms with E-state index in [-0.39, 0.29) is 16.4 Å². The largest absolute Gasteiger partial charge is 0.494 e. The first-order valence-electron chi connectivity index (χ1n) is 9.88. The molecule has 9 nitrogen and oxygen atoms in total. The Bertz CT molecular complexity index is 974. The number of ketones is 1. The van der Waals surface area contributed by atoms with E-state index in [1.807, 2.05) is 6.92 Å². The average Bonchev–Trinajstić information content (AvgIpc) is 2.76. The highest BCUT2D eigenvalue weighted by Gasteiger charge is 2.26. The predicted octanol–water partition coefficient (Wildman–Crippen LogP) is 4.83. The monoisotopic (exact) mass is 463 g/mol. The summed E-state index contributed by atoms with van der Waals surface area (Å²) >= 11 is 6.34. The van der Waals surface area contributed by atoms with Crippen LogP contribution in [0.25, 0.3) is 0 Å². The van der Waals surface area contributed by atoms with Crippen LogP contribution in [0, 0.1) is 0 Å². The zero-order valence-electron chi connectivity index (χ0n) is 18.6. The maximum Gasteiger partial charge on any atom is 0.258 e. The Labute approximate surface area is 191 Å². The summed E-state index contributed by atoms with van der Waals surface area (Å²) in [5.41, 5.74) is 0.462. The number of hydrogen-bond acceptors (Lipinski definition) is 8. The van der Waals surface area contributed by atoms with E-state index in [0.29, 0.717) is 36.2 Å². The Morgan fingerprint density at radius 1 is 1.03 bits per heavy atom. The minimum absolute atomic E-state index is 0.193. The molecule has 0 aliphatic heterocycles. The van der Waals surface area contributed by atoms with Gasteiger partial charge in [0.2, 0.25) is 6.04 Å². The smallest absolute Gasteiger partial charge is 0.258 e. The first-order valence-corrected chi connectivity index (χ1v) is 10.3. The fourth-order valence-electron chi connectivity index (χ4n) is 2.75. The van der Waals surface area contributed by atoms with Crippen LogP contribution in [0.4, 0.5) is 11.4 Å². The molecule has 0 aromatic heterocycles. The van der Waals surface area contributed by atoms with E-state index >= 15 is 0 Å². The molecule has 0 saturated carbocycles. The number of carbonyl (C=O) groups is 2. The van der Waals surface area contributed by atoms with Crippen molar-refractivity contribution in [2.24, 2.45) is 10.2 Å². The fourth-order valence-corrected chi connectivity index (χ4v) is 3.00. The molecule has 0 fully saturated rings. The number of azo groups is 1. The van der Waals surface area contributed by atoms with Crippen LogP contribution in [0.2, 0.25) is 5.02 Å². The summed E-state index contributed by atoms with van der Waals surface area (Å²) in [6, 6.07) is 6.77. The number of carbonyl (C=O) groups excluding carboxylic acids is 2. The van der Waals surface area contributed by atoms with E-state index in [0.717, 1.165) is 0 Å². The minimum Gasteiger partial charge on any atom is -0.494 e. The second kappa shape index (κ2) is 11.9. The van der Waals surface area contributed by atoms with Gasteiger partial charge < -0.3 is 24.3 Å². The van der Waals surface area contributed by atoms with Gasteiger partial charge in [0.1, 0.15) is 28.7 Å². The number of Topliss-reactive ketones (excluding diaryl/α,β-unsaturated/α-hetero) is 1. The van der Waals surface area contributed by atoms with Crippen molar-refractivity contribution in [3.05, 3.63) is 35.4 Å². The van der Waals surface area contributed by atoms with E-state index in [9.17, 15) is 9.59 Å². The molecule has 0 aliphatic carbocycles. The lowest BCUT2D eigenvalue weighted by Gasteiger charge is -2.16. The maximum absolute atomic E-state index is 12.9. The van der Waals surface area contributed by atoms with Gasteiger partial charge in [0, 0.05) is 12.1 Å². The van der Waals surface area contributed by atoms with Gasteiger partial charge >= 0.3 is 0 Å². The van der Waals surface area contributed by atoms with Crippen molar-refractivity contribution >= 4 is 34.7 Å². The molecule has 0 saturated heterocycles. The summed E-state index contributed by atoms with van der Waals surface area (Å²) < 4.78 is 21.6. The number of benzene rings is 2. The Morgan fingerprint density at radius 2 is 1.66 bits per heavy atom. The van der Waals surface area contributed by atoms with E-state index < -0.39 is 17.7 Å². The number of methoxy groups -OCH3 is 2. The topological polar surface area (TPSA) is 108 Å². The molecule has 2 aromatic carbocycles. The number of halogens is 1. The van der Waals surface area contributed by atoms with Crippen LogP contribution in [0.15, 0.2) is 40.6 Å². The van der Waals surface area contributed by atoms with Gasteiger partial charge in [0.25, 0.3) is 5.91 Å². The normalized spacial score (nSPS) is 11.7. The summed E-state index contributed by atoms with van der Waals surface area (Å²) in [6.07, 6.45) is 0. The molecule has 10 heteroatoms. The van der Waals surface area contributed by atoms with Gasteiger partial charge in [-0.1, -0.05) is 17.7 Å². The van der Waals surface area contributed by atoms with Gasteiger partial charge in [0.05, 0.1) is 32.5 Å². The van der Waals surface area contributed by atoms with Crippen molar-refractivity contribution in [2.75, 3.05) is 32.8 Å². The molecule has 0 spiro atoms. The van der Waals surface area contributed by atoms with Gasteiger partial charge in [-0.25, -0.2) is 0 Å². The van der Waals surface area contributed by atoms with Crippen molar-refractivity contribution in [3.63, 3.8) is 0 Å². The molecule has 0 heterocycles. The predicted molar refractivity (Wildman–Crippen MR) is 121 cm³/mol. The van der Waals surface area contributed by atoms with Crippen molar-refractivity contribution < 1.29 is 28.5 Å². The molecular formula is C22H26ClN3O6. The van der Waals surface area contributed by atoms with E-state index in [4.69, 9.17) is 30.5 Å². The molecule has 0 radical (unpaired) electrons. The zero-order valence-corrected chi connectivity index (χ0v) is 19.4. The molecule has 1 amide bonds. The van der Waals surface area contributed by atoms with Crippen LogP contribution < -0.4 is 24.3 Å². The number of hydrogen-bond donors (Lipinski definition) is 1. The summed E-state index contributed by atoms with van der Waals surface area (Å²) in [5, 5.41) is 10.8. The molecule has 172 valence electrons. The molecule has 0 bridgehead atoms. The van der Waals surface area contributed by atoms with Crippen molar-refractivity contribution in [3.8, 4) is 23.0 Å².